The number of hydrogen-bond donors (Lipinski definition) is 2. The molecular weight excluding hydrogens is 254 g/mol. The molecule has 4 heteroatoms. The highest BCUT2D eigenvalue weighted by Gasteiger charge is 2.59. The second-order valence-corrected chi connectivity index (χ2v) is 6.51. The highest BCUT2D eigenvalue weighted by atomic mass is 16.4. The van der Waals surface area contributed by atoms with E-state index in [1.807, 2.05) is 51.1 Å². The Morgan fingerprint density at radius 2 is 1.75 bits per heavy atom. The van der Waals surface area contributed by atoms with Gasteiger partial charge in [-0.15, -0.1) is 0 Å². The molecular formula is C16H21NO3. The number of carboxylic acid groups (broad SMARTS) is 1. The minimum Gasteiger partial charge on any atom is -0.480 e. The number of benzene rings is 1. The molecule has 1 aromatic rings. The summed E-state index contributed by atoms with van der Waals surface area (Å²) in [5.74, 6) is -1.39. The molecule has 1 amide bonds. The van der Waals surface area contributed by atoms with Gasteiger partial charge in [0.15, 0.2) is 0 Å². The highest BCUT2D eigenvalue weighted by Crippen LogP contribution is 2.54. The van der Waals surface area contributed by atoms with Crippen molar-refractivity contribution in [2.75, 3.05) is 0 Å². The van der Waals surface area contributed by atoms with Gasteiger partial charge < -0.3 is 10.4 Å². The molecule has 1 atom stereocenters. The highest BCUT2D eigenvalue weighted by molar-refractivity contribution is 6.03. The van der Waals surface area contributed by atoms with Gasteiger partial charge in [-0.2, -0.15) is 0 Å². The molecule has 0 aromatic heterocycles. The quantitative estimate of drug-likeness (QED) is 0.830. The molecule has 0 aliphatic heterocycles. The molecule has 0 unspecified atom stereocenters. The van der Waals surface area contributed by atoms with Crippen molar-refractivity contribution in [3.8, 4) is 0 Å². The molecule has 20 heavy (non-hydrogen) atoms. The van der Waals surface area contributed by atoms with E-state index in [1.165, 1.54) is 0 Å². The van der Waals surface area contributed by atoms with Crippen LogP contribution in [-0.4, -0.2) is 17.0 Å². The third-order valence-corrected chi connectivity index (χ3v) is 4.05. The predicted octanol–water partition coefficient (Wildman–Crippen LogP) is 2.75. The van der Waals surface area contributed by atoms with Gasteiger partial charge >= 0.3 is 5.97 Å². The zero-order valence-electron chi connectivity index (χ0n) is 12.1. The van der Waals surface area contributed by atoms with Crippen LogP contribution in [0.1, 0.15) is 45.2 Å². The normalized spacial score (nSPS) is 20.6. The van der Waals surface area contributed by atoms with Gasteiger partial charge in [-0.05, 0) is 30.7 Å². The van der Waals surface area contributed by atoms with Crippen molar-refractivity contribution in [2.24, 2.45) is 10.8 Å². The van der Waals surface area contributed by atoms with E-state index in [0.29, 0.717) is 12.8 Å². The fourth-order valence-electron chi connectivity index (χ4n) is 3.15. The summed E-state index contributed by atoms with van der Waals surface area (Å²) in [6.07, 6.45) is 0.783. The Kier molecular flexibility index (Phi) is 3.59. The molecule has 108 valence electrons. The second kappa shape index (κ2) is 4.93. The summed E-state index contributed by atoms with van der Waals surface area (Å²) >= 11 is 0. The van der Waals surface area contributed by atoms with Gasteiger partial charge in [0.05, 0.1) is 6.04 Å². The van der Waals surface area contributed by atoms with E-state index < -0.39 is 11.4 Å². The fourth-order valence-corrected chi connectivity index (χ4v) is 3.15. The molecule has 0 spiro atoms. The molecule has 1 saturated carbocycles. The summed E-state index contributed by atoms with van der Waals surface area (Å²) in [7, 11) is 0. The Labute approximate surface area is 119 Å². The van der Waals surface area contributed by atoms with Crippen LogP contribution in [0.4, 0.5) is 0 Å². The maximum absolute atomic E-state index is 12.4. The lowest BCUT2D eigenvalue weighted by Gasteiger charge is -2.49. The fraction of sp³-hybridized carbons (Fsp3) is 0.500. The number of aliphatic carboxylic acids is 1. The number of hydrogen-bond acceptors (Lipinski definition) is 2. The van der Waals surface area contributed by atoms with Gasteiger partial charge in [0.1, 0.15) is 5.41 Å². The number of rotatable bonds is 4. The van der Waals surface area contributed by atoms with Crippen LogP contribution in [0, 0.1) is 10.8 Å². The zero-order chi connectivity index (χ0) is 15.0. The maximum Gasteiger partial charge on any atom is 0.319 e. The monoisotopic (exact) mass is 275 g/mol. The van der Waals surface area contributed by atoms with E-state index in [2.05, 4.69) is 5.32 Å². The van der Waals surface area contributed by atoms with Crippen LogP contribution in [0.5, 0.6) is 0 Å². The second-order valence-electron chi connectivity index (χ2n) is 6.51. The molecule has 0 bridgehead atoms. The summed E-state index contributed by atoms with van der Waals surface area (Å²) in [6.45, 7) is 5.84. The van der Waals surface area contributed by atoms with Crippen LogP contribution in [-0.2, 0) is 9.59 Å². The molecule has 1 aliphatic rings. The van der Waals surface area contributed by atoms with Gasteiger partial charge in [0.25, 0.3) is 0 Å². The van der Waals surface area contributed by atoms with Crippen molar-refractivity contribution in [2.45, 2.75) is 39.7 Å². The van der Waals surface area contributed by atoms with E-state index in [1.54, 1.807) is 0 Å². The van der Waals surface area contributed by atoms with Crippen LogP contribution in [0.3, 0.4) is 0 Å². The Morgan fingerprint density at radius 3 is 2.20 bits per heavy atom. The number of nitrogens with one attached hydrogen (secondary N) is 1. The first kappa shape index (κ1) is 14.6. The van der Waals surface area contributed by atoms with Crippen molar-refractivity contribution >= 4 is 11.9 Å². The molecule has 2 N–H and O–H groups in total. The number of carbonyl (C=O) groups is 2. The summed E-state index contributed by atoms with van der Waals surface area (Å²) in [5, 5.41) is 12.2. The summed E-state index contributed by atoms with van der Waals surface area (Å²) < 4.78 is 0. The lowest BCUT2D eigenvalue weighted by Crippen LogP contribution is -2.57. The molecule has 0 heterocycles. The van der Waals surface area contributed by atoms with E-state index in [-0.39, 0.29) is 17.4 Å². The smallest absolute Gasteiger partial charge is 0.319 e. The van der Waals surface area contributed by atoms with Gasteiger partial charge in [-0.1, -0.05) is 44.2 Å². The molecule has 2 rings (SSSR count). The minimum absolute atomic E-state index is 0.0777. The topological polar surface area (TPSA) is 66.4 Å². The number of carbonyl (C=O) groups excluding carboxylic acids is 1. The standard InChI is InChI=1S/C16H21NO3/c1-11(12-7-5-4-6-8-12)17-13(18)16(14(19)20)9-15(2,3)10-16/h4-8,11H,9-10H2,1-3H3,(H,17,18)(H,19,20)/t11-/m1/s1. The molecule has 1 aromatic carbocycles. The Morgan fingerprint density at radius 1 is 1.20 bits per heavy atom. The van der Waals surface area contributed by atoms with Gasteiger partial charge in [-0.3, -0.25) is 9.59 Å². The molecule has 1 aliphatic carbocycles. The lowest BCUT2D eigenvalue weighted by molar-refractivity contribution is -0.171. The maximum atomic E-state index is 12.4. The van der Waals surface area contributed by atoms with Crippen LogP contribution >= 0.6 is 0 Å². The van der Waals surface area contributed by atoms with Crippen LogP contribution in [0.2, 0.25) is 0 Å². The average Bonchev–Trinajstić information content (AvgIpc) is 2.35. The number of amides is 1. The van der Waals surface area contributed by atoms with E-state index in [9.17, 15) is 14.7 Å². The van der Waals surface area contributed by atoms with E-state index >= 15 is 0 Å². The molecule has 0 radical (unpaired) electrons. The van der Waals surface area contributed by atoms with Crippen molar-refractivity contribution in [3.63, 3.8) is 0 Å². The first-order valence-electron chi connectivity index (χ1n) is 6.86. The average molecular weight is 275 g/mol. The van der Waals surface area contributed by atoms with Gasteiger partial charge in [0.2, 0.25) is 5.91 Å². The predicted molar refractivity (Wildman–Crippen MR) is 76.1 cm³/mol. The van der Waals surface area contributed by atoms with Crippen molar-refractivity contribution in [3.05, 3.63) is 35.9 Å². The Bertz CT molecular complexity index is 514. The third kappa shape index (κ3) is 2.55. The van der Waals surface area contributed by atoms with Crippen molar-refractivity contribution in [1.82, 2.24) is 5.32 Å². The Hall–Kier alpha value is -1.84. The minimum atomic E-state index is -1.26. The van der Waals surface area contributed by atoms with Crippen molar-refractivity contribution in [1.29, 1.82) is 0 Å². The van der Waals surface area contributed by atoms with E-state index in [0.717, 1.165) is 5.56 Å². The van der Waals surface area contributed by atoms with E-state index in [4.69, 9.17) is 0 Å². The van der Waals surface area contributed by atoms with Crippen LogP contribution in [0.15, 0.2) is 30.3 Å². The third-order valence-electron chi connectivity index (χ3n) is 4.05. The summed E-state index contributed by atoms with van der Waals surface area (Å²) in [5.41, 5.74) is -0.363. The molecule has 4 nitrogen and oxygen atoms in total. The molecule has 0 saturated heterocycles. The number of carboxylic acids is 1. The Balaban J connectivity index is 2.09. The van der Waals surface area contributed by atoms with Crippen LogP contribution in [0.25, 0.3) is 0 Å². The first-order valence-corrected chi connectivity index (χ1v) is 6.86. The SMILES string of the molecule is C[C@@H](NC(=O)C1(C(=O)O)CC(C)(C)C1)c1ccccc1. The van der Waals surface area contributed by atoms with Gasteiger partial charge in [-0.25, -0.2) is 0 Å². The lowest BCUT2D eigenvalue weighted by atomic mass is 9.54. The largest absolute Gasteiger partial charge is 0.480 e. The first-order chi connectivity index (χ1) is 9.27. The van der Waals surface area contributed by atoms with Gasteiger partial charge in [0, 0.05) is 0 Å². The summed E-state index contributed by atoms with van der Waals surface area (Å²) in [6, 6.07) is 9.36. The van der Waals surface area contributed by atoms with Crippen molar-refractivity contribution < 1.29 is 14.7 Å². The van der Waals surface area contributed by atoms with Crippen LogP contribution < -0.4 is 5.32 Å². The summed E-state index contributed by atoms with van der Waals surface area (Å²) in [4.78, 5) is 23.9. The molecule has 1 fully saturated rings. The zero-order valence-corrected chi connectivity index (χ0v) is 12.1.